The Kier molecular flexibility index (Phi) is 7.16. The van der Waals surface area contributed by atoms with Crippen LogP contribution in [0.5, 0.6) is 5.75 Å². The van der Waals surface area contributed by atoms with E-state index < -0.39 is 16.6 Å². The van der Waals surface area contributed by atoms with Crippen LogP contribution in [0.4, 0.5) is 15.8 Å². The predicted molar refractivity (Wildman–Crippen MR) is 118 cm³/mol. The molecule has 7 nitrogen and oxygen atoms in total. The third-order valence-electron chi connectivity index (χ3n) is 4.28. The maximum atomic E-state index is 13.0. The number of carbonyl (C=O) groups is 1. The summed E-state index contributed by atoms with van der Waals surface area (Å²) in [7, 11) is 0. The molecule has 32 heavy (non-hydrogen) atoms. The number of hydrogen-bond donors (Lipinski definition) is 1. The van der Waals surface area contributed by atoms with Crippen LogP contribution in [0.25, 0.3) is 6.08 Å². The second kappa shape index (κ2) is 10.2. The van der Waals surface area contributed by atoms with Crippen LogP contribution in [0.3, 0.4) is 0 Å². The minimum Gasteiger partial charge on any atom is -0.488 e. The molecular weight excluding hydrogens is 437 g/mol. The van der Waals surface area contributed by atoms with E-state index >= 15 is 0 Å². The molecular formula is C23H15ClFN3O4. The Hall–Kier alpha value is -4.22. The van der Waals surface area contributed by atoms with E-state index in [9.17, 15) is 24.6 Å². The molecule has 0 heterocycles. The SMILES string of the molecule is N#C/C(=C\c1cc(Cl)ccc1OCc1ccc([N+](=O)[O-])cc1)C(=O)Nc1ccc(F)cc1. The van der Waals surface area contributed by atoms with Crippen molar-refractivity contribution in [3.8, 4) is 11.8 Å². The van der Waals surface area contributed by atoms with Gasteiger partial charge in [0.1, 0.15) is 29.8 Å². The number of nitro groups is 1. The van der Waals surface area contributed by atoms with Gasteiger partial charge in [-0.25, -0.2) is 4.39 Å². The molecule has 0 fully saturated rings. The second-order valence-electron chi connectivity index (χ2n) is 6.53. The topological polar surface area (TPSA) is 105 Å². The molecule has 0 aliphatic heterocycles. The summed E-state index contributed by atoms with van der Waals surface area (Å²) in [4.78, 5) is 22.7. The van der Waals surface area contributed by atoms with Gasteiger partial charge in [0.05, 0.1) is 4.92 Å². The van der Waals surface area contributed by atoms with Crippen LogP contribution in [0, 0.1) is 27.3 Å². The quantitative estimate of drug-likeness (QED) is 0.220. The number of hydrogen-bond acceptors (Lipinski definition) is 5. The van der Waals surface area contributed by atoms with E-state index in [1.54, 1.807) is 24.3 Å². The number of carbonyl (C=O) groups excluding carboxylic acids is 1. The number of amides is 1. The van der Waals surface area contributed by atoms with Crippen molar-refractivity contribution in [1.29, 1.82) is 5.26 Å². The highest BCUT2D eigenvalue weighted by Crippen LogP contribution is 2.27. The fraction of sp³-hybridized carbons (Fsp3) is 0.0435. The molecule has 3 aromatic carbocycles. The van der Waals surface area contributed by atoms with Crippen molar-refractivity contribution < 1.29 is 18.8 Å². The van der Waals surface area contributed by atoms with Gasteiger partial charge in [-0.1, -0.05) is 11.6 Å². The van der Waals surface area contributed by atoms with E-state index in [4.69, 9.17) is 16.3 Å². The summed E-state index contributed by atoms with van der Waals surface area (Å²) in [5.74, 6) is -0.775. The third-order valence-corrected chi connectivity index (χ3v) is 4.52. The molecule has 0 saturated heterocycles. The number of non-ortho nitro benzene ring substituents is 1. The van der Waals surface area contributed by atoms with E-state index in [1.165, 1.54) is 48.5 Å². The van der Waals surface area contributed by atoms with E-state index in [0.29, 0.717) is 27.6 Å². The number of halogens is 2. The summed E-state index contributed by atoms with van der Waals surface area (Å²) >= 11 is 6.06. The number of benzene rings is 3. The molecule has 0 unspecified atom stereocenters. The lowest BCUT2D eigenvalue weighted by Gasteiger charge is -2.11. The first kappa shape index (κ1) is 22.5. The van der Waals surface area contributed by atoms with Gasteiger partial charge in [0.2, 0.25) is 0 Å². The highest BCUT2D eigenvalue weighted by atomic mass is 35.5. The van der Waals surface area contributed by atoms with Crippen LogP contribution in [-0.2, 0) is 11.4 Å². The summed E-state index contributed by atoms with van der Waals surface area (Å²) in [5, 5.41) is 23.1. The Balaban J connectivity index is 1.79. The number of nitrogens with one attached hydrogen (secondary N) is 1. The number of ether oxygens (including phenoxy) is 1. The van der Waals surface area contributed by atoms with Gasteiger partial charge in [-0.15, -0.1) is 0 Å². The zero-order valence-corrected chi connectivity index (χ0v) is 17.2. The van der Waals surface area contributed by atoms with Gasteiger partial charge in [0.25, 0.3) is 11.6 Å². The van der Waals surface area contributed by atoms with E-state index in [1.807, 2.05) is 6.07 Å². The van der Waals surface area contributed by atoms with Crippen molar-refractivity contribution >= 4 is 35.0 Å². The van der Waals surface area contributed by atoms with E-state index in [2.05, 4.69) is 5.32 Å². The molecule has 0 spiro atoms. The van der Waals surface area contributed by atoms with Crippen molar-refractivity contribution in [3.05, 3.63) is 104 Å². The van der Waals surface area contributed by atoms with Crippen LogP contribution >= 0.6 is 11.6 Å². The largest absolute Gasteiger partial charge is 0.488 e. The predicted octanol–water partition coefficient (Wildman–Crippen LogP) is 5.51. The van der Waals surface area contributed by atoms with Gasteiger partial charge in [-0.2, -0.15) is 5.26 Å². The number of nitro benzene ring substituents is 1. The van der Waals surface area contributed by atoms with Gasteiger partial charge in [0, 0.05) is 28.4 Å². The fourth-order valence-corrected chi connectivity index (χ4v) is 2.85. The zero-order valence-electron chi connectivity index (χ0n) is 16.4. The standard InChI is InChI=1S/C23H15ClFN3O4/c24-18-3-10-22(32-14-15-1-8-21(9-2-15)28(30)31)16(12-18)11-17(13-26)23(29)27-20-6-4-19(25)5-7-20/h1-12H,14H2,(H,27,29)/b17-11+. The Morgan fingerprint density at radius 1 is 1.16 bits per heavy atom. The van der Waals surface area contributed by atoms with Gasteiger partial charge in [-0.3, -0.25) is 14.9 Å². The summed E-state index contributed by atoms with van der Waals surface area (Å²) < 4.78 is 18.8. The Morgan fingerprint density at radius 3 is 2.47 bits per heavy atom. The van der Waals surface area contributed by atoms with Crippen LogP contribution < -0.4 is 10.1 Å². The lowest BCUT2D eigenvalue weighted by molar-refractivity contribution is -0.384. The number of nitrogens with zero attached hydrogens (tertiary/aromatic N) is 2. The van der Waals surface area contributed by atoms with E-state index in [-0.39, 0.29) is 17.9 Å². The normalized spacial score (nSPS) is 10.8. The van der Waals surface area contributed by atoms with E-state index in [0.717, 1.165) is 0 Å². The first-order valence-electron chi connectivity index (χ1n) is 9.20. The monoisotopic (exact) mass is 451 g/mol. The molecule has 1 N–H and O–H groups in total. The Labute approximate surface area is 187 Å². The molecule has 0 aliphatic rings. The average molecular weight is 452 g/mol. The molecule has 0 bridgehead atoms. The molecule has 3 rings (SSSR count). The zero-order chi connectivity index (χ0) is 23.1. The third kappa shape index (κ3) is 5.90. The summed E-state index contributed by atoms with van der Waals surface area (Å²) in [5.41, 5.74) is 1.17. The molecule has 0 aromatic heterocycles. The van der Waals surface area contributed by atoms with Crippen molar-refractivity contribution in [2.24, 2.45) is 0 Å². The molecule has 3 aromatic rings. The van der Waals surface area contributed by atoms with Crippen molar-refractivity contribution in [2.45, 2.75) is 6.61 Å². The van der Waals surface area contributed by atoms with Crippen molar-refractivity contribution in [2.75, 3.05) is 5.32 Å². The number of anilines is 1. The first-order valence-corrected chi connectivity index (χ1v) is 9.58. The molecule has 0 aliphatic carbocycles. The molecule has 160 valence electrons. The maximum Gasteiger partial charge on any atom is 0.269 e. The smallest absolute Gasteiger partial charge is 0.269 e. The van der Waals surface area contributed by atoms with Gasteiger partial charge < -0.3 is 10.1 Å². The van der Waals surface area contributed by atoms with Crippen LogP contribution in [0.2, 0.25) is 5.02 Å². The van der Waals surface area contributed by atoms with Crippen LogP contribution in [-0.4, -0.2) is 10.8 Å². The summed E-state index contributed by atoms with van der Waals surface area (Å²) in [6.45, 7) is 0.101. The number of nitriles is 1. The molecule has 0 atom stereocenters. The van der Waals surface area contributed by atoms with Crippen molar-refractivity contribution in [3.63, 3.8) is 0 Å². The molecule has 0 radical (unpaired) electrons. The minimum atomic E-state index is -0.680. The Morgan fingerprint density at radius 2 is 1.84 bits per heavy atom. The van der Waals surface area contributed by atoms with Gasteiger partial charge in [-0.05, 0) is 66.2 Å². The summed E-state index contributed by atoms with van der Waals surface area (Å²) in [6, 6.07) is 17.6. The highest BCUT2D eigenvalue weighted by molar-refractivity contribution is 6.30. The lowest BCUT2D eigenvalue weighted by Crippen LogP contribution is -2.13. The maximum absolute atomic E-state index is 13.0. The van der Waals surface area contributed by atoms with Gasteiger partial charge >= 0.3 is 0 Å². The lowest BCUT2D eigenvalue weighted by atomic mass is 10.1. The molecule has 0 saturated carbocycles. The highest BCUT2D eigenvalue weighted by Gasteiger charge is 2.13. The van der Waals surface area contributed by atoms with Crippen LogP contribution in [0.15, 0.2) is 72.3 Å². The first-order chi connectivity index (χ1) is 15.4. The Bertz CT molecular complexity index is 1220. The summed E-state index contributed by atoms with van der Waals surface area (Å²) in [6.07, 6.45) is 1.33. The van der Waals surface area contributed by atoms with Gasteiger partial charge in [0.15, 0.2) is 0 Å². The molecule has 9 heteroatoms. The second-order valence-corrected chi connectivity index (χ2v) is 6.96. The van der Waals surface area contributed by atoms with Crippen LogP contribution in [0.1, 0.15) is 11.1 Å². The average Bonchev–Trinajstić information content (AvgIpc) is 2.78. The number of rotatable bonds is 7. The fourth-order valence-electron chi connectivity index (χ4n) is 2.67. The van der Waals surface area contributed by atoms with Crippen molar-refractivity contribution in [1.82, 2.24) is 0 Å². The molecule has 1 amide bonds. The minimum absolute atomic E-state index is 0.0327.